The van der Waals surface area contributed by atoms with E-state index in [1.165, 1.54) is 31.4 Å². The number of ether oxygens (including phenoxy) is 2. The molecule has 2 aromatic rings. The zero-order valence-corrected chi connectivity index (χ0v) is 13.4. The molecule has 0 saturated heterocycles. The van der Waals surface area contributed by atoms with Gasteiger partial charge in [0.2, 0.25) is 0 Å². The average Bonchev–Trinajstić information content (AvgIpc) is 2.63. The molecule has 0 fully saturated rings. The number of rotatable bonds is 7. The minimum Gasteiger partial charge on any atom is -0.491 e. The third kappa shape index (κ3) is 5.03. The smallest absolute Gasteiger partial charge is 0.308 e. The first kappa shape index (κ1) is 17.9. The Hall–Kier alpha value is -3.42. The lowest BCUT2D eigenvalue weighted by atomic mass is 10.2. The summed E-state index contributed by atoms with van der Waals surface area (Å²) in [6, 6.07) is 12.1. The van der Waals surface area contributed by atoms with Gasteiger partial charge in [-0.3, -0.25) is 19.7 Å². The van der Waals surface area contributed by atoms with Gasteiger partial charge >= 0.3 is 5.97 Å². The molecule has 8 nitrogen and oxygen atoms in total. The molecule has 1 amide bonds. The van der Waals surface area contributed by atoms with E-state index in [-0.39, 0.29) is 24.3 Å². The van der Waals surface area contributed by atoms with E-state index in [1.807, 2.05) is 0 Å². The lowest BCUT2D eigenvalue weighted by Gasteiger charge is -2.12. The van der Waals surface area contributed by atoms with Gasteiger partial charge < -0.3 is 14.8 Å². The minimum atomic E-state index is -0.569. The van der Waals surface area contributed by atoms with Crippen molar-refractivity contribution in [3.05, 3.63) is 64.2 Å². The summed E-state index contributed by atoms with van der Waals surface area (Å²) < 4.78 is 10.0. The number of benzene rings is 2. The SMILES string of the molecule is COC(=O)CCOc1ccccc1NC(=O)c1cccc([N+](=O)[O-])c1. The molecule has 0 spiro atoms. The van der Waals surface area contributed by atoms with Crippen LogP contribution in [0.3, 0.4) is 0 Å². The lowest BCUT2D eigenvalue weighted by molar-refractivity contribution is -0.384. The van der Waals surface area contributed by atoms with E-state index in [9.17, 15) is 19.7 Å². The van der Waals surface area contributed by atoms with Crippen LogP contribution in [0.5, 0.6) is 5.75 Å². The summed E-state index contributed by atoms with van der Waals surface area (Å²) in [4.78, 5) is 33.6. The fraction of sp³-hybridized carbons (Fsp3) is 0.176. The van der Waals surface area contributed by atoms with Crippen molar-refractivity contribution in [2.24, 2.45) is 0 Å². The summed E-state index contributed by atoms with van der Waals surface area (Å²) in [7, 11) is 1.29. The molecular formula is C17H16N2O6. The quantitative estimate of drug-likeness (QED) is 0.470. The van der Waals surface area contributed by atoms with Crippen LogP contribution in [0.4, 0.5) is 11.4 Å². The molecule has 0 unspecified atom stereocenters. The average molecular weight is 344 g/mol. The van der Waals surface area contributed by atoms with E-state index in [0.717, 1.165) is 0 Å². The van der Waals surface area contributed by atoms with Crippen molar-refractivity contribution in [2.75, 3.05) is 19.0 Å². The van der Waals surface area contributed by atoms with Gasteiger partial charge in [0.05, 0.1) is 30.7 Å². The molecule has 130 valence electrons. The van der Waals surface area contributed by atoms with Crippen LogP contribution < -0.4 is 10.1 Å². The predicted molar refractivity (Wildman–Crippen MR) is 89.6 cm³/mol. The zero-order chi connectivity index (χ0) is 18.2. The summed E-state index contributed by atoms with van der Waals surface area (Å²) in [5, 5.41) is 13.4. The molecule has 0 aliphatic carbocycles. The Balaban J connectivity index is 2.09. The monoisotopic (exact) mass is 344 g/mol. The van der Waals surface area contributed by atoms with Gasteiger partial charge in [-0.2, -0.15) is 0 Å². The van der Waals surface area contributed by atoms with Gasteiger partial charge in [0.15, 0.2) is 0 Å². The number of non-ortho nitro benzene ring substituents is 1. The number of para-hydroxylation sites is 2. The standard InChI is InChI=1S/C17H16N2O6/c1-24-16(20)9-10-25-15-8-3-2-7-14(15)18-17(21)12-5-4-6-13(11-12)19(22)23/h2-8,11H,9-10H2,1H3,(H,18,21). The van der Waals surface area contributed by atoms with Crippen molar-refractivity contribution in [1.29, 1.82) is 0 Å². The Morgan fingerprint density at radius 2 is 1.92 bits per heavy atom. The fourth-order valence-corrected chi connectivity index (χ4v) is 2.00. The van der Waals surface area contributed by atoms with Gasteiger partial charge in [0, 0.05) is 17.7 Å². The summed E-state index contributed by atoms with van der Waals surface area (Å²) in [6.45, 7) is 0.0936. The van der Waals surface area contributed by atoms with Gasteiger partial charge in [0.1, 0.15) is 5.75 Å². The number of carbonyl (C=O) groups is 2. The van der Waals surface area contributed by atoms with Crippen LogP contribution in [0.25, 0.3) is 0 Å². The Kier molecular flexibility index (Phi) is 6.05. The number of carbonyl (C=O) groups excluding carboxylic acids is 2. The van der Waals surface area contributed by atoms with Gasteiger partial charge in [-0.05, 0) is 18.2 Å². The molecule has 0 aliphatic heterocycles. The normalized spacial score (nSPS) is 9.96. The van der Waals surface area contributed by atoms with Crippen LogP contribution in [0.15, 0.2) is 48.5 Å². The molecule has 25 heavy (non-hydrogen) atoms. The topological polar surface area (TPSA) is 108 Å². The largest absolute Gasteiger partial charge is 0.491 e. The van der Waals surface area contributed by atoms with Gasteiger partial charge in [-0.25, -0.2) is 0 Å². The Labute approximate surface area is 143 Å². The van der Waals surface area contributed by atoms with Crippen LogP contribution in [0.1, 0.15) is 16.8 Å². The molecule has 2 rings (SSSR count). The second-order valence-electron chi connectivity index (χ2n) is 4.93. The minimum absolute atomic E-state index is 0.0731. The number of nitrogens with zero attached hydrogens (tertiary/aromatic N) is 1. The second kappa shape index (κ2) is 8.44. The Morgan fingerprint density at radius 3 is 2.64 bits per heavy atom. The maximum Gasteiger partial charge on any atom is 0.308 e. The summed E-state index contributed by atoms with van der Waals surface area (Å²) in [6.07, 6.45) is 0.0731. The summed E-state index contributed by atoms with van der Waals surface area (Å²) in [5.41, 5.74) is 0.373. The molecule has 0 saturated carbocycles. The van der Waals surface area contributed by atoms with Crippen molar-refractivity contribution < 1.29 is 24.0 Å². The molecule has 2 aromatic carbocycles. The summed E-state index contributed by atoms with van der Waals surface area (Å²) >= 11 is 0. The first-order valence-corrected chi connectivity index (χ1v) is 7.35. The first-order chi connectivity index (χ1) is 12.0. The number of anilines is 1. The molecule has 8 heteroatoms. The molecule has 0 radical (unpaired) electrons. The molecule has 0 aromatic heterocycles. The number of nitro benzene ring substituents is 1. The van der Waals surface area contributed by atoms with Crippen LogP contribution in [0.2, 0.25) is 0 Å². The van der Waals surface area contributed by atoms with Crippen molar-refractivity contribution in [2.45, 2.75) is 6.42 Å². The van der Waals surface area contributed by atoms with E-state index in [0.29, 0.717) is 11.4 Å². The number of nitrogens with one attached hydrogen (secondary N) is 1. The fourth-order valence-electron chi connectivity index (χ4n) is 2.00. The van der Waals surface area contributed by atoms with E-state index >= 15 is 0 Å². The van der Waals surface area contributed by atoms with Gasteiger partial charge in [0.25, 0.3) is 11.6 Å². The summed E-state index contributed by atoms with van der Waals surface area (Å²) in [5.74, 6) is -0.531. The number of methoxy groups -OCH3 is 1. The highest BCUT2D eigenvalue weighted by Crippen LogP contribution is 2.25. The Morgan fingerprint density at radius 1 is 1.16 bits per heavy atom. The Bertz CT molecular complexity index is 790. The number of nitro groups is 1. The number of hydrogen-bond acceptors (Lipinski definition) is 6. The molecule has 0 heterocycles. The van der Waals surface area contributed by atoms with Crippen molar-refractivity contribution in [3.63, 3.8) is 0 Å². The van der Waals surface area contributed by atoms with E-state index < -0.39 is 16.8 Å². The highest BCUT2D eigenvalue weighted by Gasteiger charge is 2.13. The van der Waals surface area contributed by atoms with Crippen LogP contribution in [-0.4, -0.2) is 30.5 Å². The molecule has 0 aliphatic rings. The van der Waals surface area contributed by atoms with Gasteiger partial charge in [-0.1, -0.05) is 18.2 Å². The maximum atomic E-state index is 12.3. The predicted octanol–water partition coefficient (Wildman–Crippen LogP) is 2.79. The molecule has 1 N–H and O–H groups in total. The van der Waals surface area contributed by atoms with Gasteiger partial charge in [-0.15, -0.1) is 0 Å². The molecule has 0 atom stereocenters. The van der Waals surface area contributed by atoms with Crippen molar-refractivity contribution in [3.8, 4) is 5.75 Å². The first-order valence-electron chi connectivity index (χ1n) is 7.35. The van der Waals surface area contributed by atoms with Crippen LogP contribution in [-0.2, 0) is 9.53 Å². The maximum absolute atomic E-state index is 12.3. The zero-order valence-electron chi connectivity index (χ0n) is 13.4. The highest BCUT2D eigenvalue weighted by molar-refractivity contribution is 6.05. The van der Waals surface area contributed by atoms with Crippen molar-refractivity contribution in [1.82, 2.24) is 0 Å². The third-order valence-corrected chi connectivity index (χ3v) is 3.25. The molecule has 0 bridgehead atoms. The lowest BCUT2D eigenvalue weighted by Crippen LogP contribution is -2.14. The third-order valence-electron chi connectivity index (χ3n) is 3.25. The number of hydrogen-bond donors (Lipinski definition) is 1. The van der Waals surface area contributed by atoms with Crippen LogP contribution >= 0.6 is 0 Å². The number of amides is 1. The second-order valence-corrected chi connectivity index (χ2v) is 4.93. The molecular weight excluding hydrogens is 328 g/mol. The van der Waals surface area contributed by atoms with Crippen LogP contribution in [0, 0.1) is 10.1 Å². The van der Waals surface area contributed by atoms with Crippen molar-refractivity contribution >= 4 is 23.3 Å². The highest BCUT2D eigenvalue weighted by atomic mass is 16.6. The van der Waals surface area contributed by atoms with E-state index in [2.05, 4.69) is 10.1 Å². The van der Waals surface area contributed by atoms with E-state index in [4.69, 9.17) is 4.74 Å². The number of esters is 1. The van der Waals surface area contributed by atoms with E-state index in [1.54, 1.807) is 24.3 Å².